The van der Waals surface area contributed by atoms with E-state index in [1.807, 2.05) is 72.8 Å². The van der Waals surface area contributed by atoms with Crippen LogP contribution in [0, 0.1) is 5.92 Å². The zero-order valence-corrected chi connectivity index (χ0v) is 26.0. The van der Waals surface area contributed by atoms with E-state index in [2.05, 4.69) is 49.0 Å². The van der Waals surface area contributed by atoms with Gasteiger partial charge >= 0.3 is 0 Å². The molecule has 0 bridgehead atoms. The number of nitrogens with one attached hydrogen (secondary N) is 1. The van der Waals surface area contributed by atoms with Crippen LogP contribution in [0.3, 0.4) is 0 Å². The third-order valence-electron chi connectivity index (χ3n) is 7.27. The van der Waals surface area contributed by atoms with E-state index in [4.69, 9.17) is 9.47 Å². The minimum Gasteiger partial charge on any atom is -0.493 e. The zero-order valence-electron chi connectivity index (χ0n) is 22.0. The molecule has 2 fully saturated rings. The largest absolute Gasteiger partial charge is 0.493 e. The van der Waals surface area contributed by atoms with E-state index in [0.717, 1.165) is 49.9 Å². The van der Waals surface area contributed by atoms with E-state index in [9.17, 15) is 4.79 Å². The zero-order chi connectivity index (χ0) is 27.4. The molecule has 1 amide bonds. The fourth-order valence-corrected chi connectivity index (χ4v) is 7.27. The monoisotopic (exact) mass is 670 g/mol. The Morgan fingerprint density at radius 3 is 2.51 bits per heavy atom. The van der Waals surface area contributed by atoms with Crippen LogP contribution in [-0.2, 0) is 11.4 Å². The molecule has 1 aliphatic heterocycles. The number of carbonyl (C=O) groups excluding carboxylic acids is 1. The SMILES string of the molecule is COc1cc(/C=C2\SC(Nc3ccccc3)N([C@@H]3CCCC[C@@H]3C)C2=O)cc(Br)c1OCc1ccc(Br)cc1. The van der Waals surface area contributed by atoms with Gasteiger partial charge in [-0.05, 0) is 88.3 Å². The lowest BCUT2D eigenvalue weighted by molar-refractivity contribution is -0.129. The average Bonchev–Trinajstić information content (AvgIpc) is 3.23. The molecule has 3 aromatic rings. The number of ether oxygens (including phenoxy) is 2. The van der Waals surface area contributed by atoms with Gasteiger partial charge in [-0.2, -0.15) is 0 Å². The third-order valence-corrected chi connectivity index (χ3v) is 9.50. The van der Waals surface area contributed by atoms with Gasteiger partial charge in [0, 0.05) is 16.2 Å². The van der Waals surface area contributed by atoms with Gasteiger partial charge in [0.15, 0.2) is 17.0 Å². The molecule has 8 heteroatoms. The highest BCUT2D eigenvalue weighted by Gasteiger charge is 2.42. The van der Waals surface area contributed by atoms with Gasteiger partial charge in [0.2, 0.25) is 0 Å². The number of methoxy groups -OCH3 is 1. The summed E-state index contributed by atoms with van der Waals surface area (Å²) in [5.41, 5.74) is 2.78. The van der Waals surface area contributed by atoms with Crippen LogP contribution in [0.4, 0.5) is 5.69 Å². The molecule has 3 aromatic carbocycles. The lowest BCUT2D eigenvalue weighted by Crippen LogP contribution is -2.48. The minimum atomic E-state index is -0.157. The molecule has 5 nitrogen and oxygen atoms in total. The van der Waals surface area contributed by atoms with E-state index in [-0.39, 0.29) is 17.4 Å². The van der Waals surface area contributed by atoms with E-state index in [1.165, 1.54) is 6.42 Å². The van der Waals surface area contributed by atoms with Crippen LogP contribution in [0.25, 0.3) is 6.08 Å². The number of hydrogen-bond acceptors (Lipinski definition) is 5. The maximum Gasteiger partial charge on any atom is 0.262 e. The molecule has 1 saturated carbocycles. The highest BCUT2D eigenvalue weighted by atomic mass is 79.9. The highest BCUT2D eigenvalue weighted by molar-refractivity contribution is 9.10. The van der Waals surface area contributed by atoms with Gasteiger partial charge in [0.1, 0.15) is 6.61 Å². The molecule has 0 aromatic heterocycles. The molecule has 1 heterocycles. The molecule has 1 N–H and O–H groups in total. The van der Waals surface area contributed by atoms with Crippen LogP contribution in [0.2, 0.25) is 0 Å². The standard InChI is InChI=1S/C31H32Br2N2O3S/c1-20-8-6-7-11-26(20)35-30(36)28(39-31(35)34-24-9-4-3-5-10-24)18-22-16-25(33)29(27(17-22)37-2)38-19-21-12-14-23(32)15-13-21/h3-5,9-10,12-18,20,26,31,34H,6-8,11,19H2,1-2H3/b28-18-/t20-,26+,31?/m0/s1. The molecule has 5 rings (SSSR count). The van der Waals surface area contributed by atoms with Gasteiger partial charge in [-0.15, -0.1) is 0 Å². The van der Waals surface area contributed by atoms with E-state index in [0.29, 0.717) is 24.0 Å². The Hall–Kier alpha value is -2.42. The first-order valence-electron chi connectivity index (χ1n) is 13.2. The summed E-state index contributed by atoms with van der Waals surface area (Å²) in [4.78, 5) is 16.7. The maximum atomic E-state index is 13.9. The molecule has 0 spiro atoms. The fraction of sp³-hybridized carbons (Fsp3) is 0.323. The molecule has 1 aliphatic carbocycles. The van der Waals surface area contributed by atoms with Crippen LogP contribution in [-0.4, -0.2) is 29.5 Å². The quantitative estimate of drug-likeness (QED) is 0.243. The molecular weight excluding hydrogens is 640 g/mol. The Balaban J connectivity index is 1.40. The number of thioether (sulfide) groups is 1. The Bertz CT molecular complexity index is 1330. The smallest absolute Gasteiger partial charge is 0.262 e. The predicted molar refractivity (Wildman–Crippen MR) is 167 cm³/mol. The van der Waals surface area contributed by atoms with Crippen LogP contribution in [0.1, 0.15) is 43.7 Å². The summed E-state index contributed by atoms with van der Waals surface area (Å²) in [6, 6.07) is 22.3. The molecule has 204 valence electrons. The molecule has 2 aliphatic rings. The summed E-state index contributed by atoms with van der Waals surface area (Å²) in [7, 11) is 1.63. The van der Waals surface area contributed by atoms with Crippen molar-refractivity contribution in [2.24, 2.45) is 5.92 Å². The summed E-state index contributed by atoms with van der Waals surface area (Å²) < 4.78 is 13.6. The fourth-order valence-electron chi connectivity index (χ4n) is 5.22. The van der Waals surface area contributed by atoms with Crippen LogP contribution in [0.5, 0.6) is 11.5 Å². The number of amides is 1. The van der Waals surface area contributed by atoms with E-state index < -0.39 is 0 Å². The van der Waals surface area contributed by atoms with Crippen molar-refractivity contribution in [1.82, 2.24) is 4.90 Å². The van der Waals surface area contributed by atoms with Gasteiger partial charge in [-0.3, -0.25) is 4.79 Å². The number of para-hydroxylation sites is 1. The highest BCUT2D eigenvalue weighted by Crippen LogP contribution is 2.43. The number of anilines is 1. The van der Waals surface area contributed by atoms with Crippen molar-refractivity contribution < 1.29 is 14.3 Å². The number of halogens is 2. The van der Waals surface area contributed by atoms with Crippen LogP contribution in [0.15, 0.2) is 80.6 Å². The van der Waals surface area contributed by atoms with Gasteiger partial charge in [-0.1, -0.05) is 77.8 Å². The van der Waals surface area contributed by atoms with Gasteiger partial charge < -0.3 is 19.7 Å². The van der Waals surface area contributed by atoms with Crippen molar-refractivity contribution in [1.29, 1.82) is 0 Å². The van der Waals surface area contributed by atoms with Gasteiger partial charge in [-0.25, -0.2) is 0 Å². The summed E-state index contributed by atoms with van der Waals surface area (Å²) >= 11 is 8.72. The lowest BCUT2D eigenvalue weighted by Gasteiger charge is -2.39. The minimum absolute atomic E-state index is 0.0813. The number of nitrogens with zero attached hydrogens (tertiary/aromatic N) is 1. The molecule has 0 radical (unpaired) electrons. The first-order valence-corrected chi connectivity index (χ1v) is 15.7. The van der Waals surface area contributed by atoms with Crippen molar-refractivity contribution in [2.45, 2.75) is 50.8 Å². The summed E-state index contributed by atoms with van der Waals surface area (Å²) in [6.45, 7) is 2.69. The Morgan fingerprint density at radius 1 is 1.05 bits per heavy atom. The van der Waals surface area contributed by atoms with E-state index >= 15 is 0 Å². The van der Waals surface area contributed by atoms with Gasteiger partial charge in [0.05, 0.1) is 16.5 Å². The second-order valence-electron chi connectivity index (χ2n) is 9.98. The first kappa shape index (κ1) is 28.1. The summed E-state index contributed by atoms with van der Waals surface area (Å²) in [5, 5.41) is 3.60. The van der Waals surface area contributed by atoms with Crippen molar-refractivity contribution in [2.75, 3.05) is 12.4 Å². The number of carbonyl (C=O) groups is 1. The first-order chi connectivity index (χ1) is 18.9. The van der Waals surface area contributed by atoms with E-state index in [1.54, 1.807) is 18.9 Å². The van der Waals surface area contributed by atoms with Gasteiger partial charge in [0.25, 0.3) is 5.91 Å². The summed E-state index contributed by atoms with van der Waals surface area (Å²) in [5.74, 6) is 1.80. The Morgan fingerprint density at radius 2 is 1.79 bits per heavy atom. The second-order valence-corrected chi connectivity index (χ2v) is 12.9. The molecule has 3 atom stereocenters. The Labute approximate surface area is 251 Å². The number of benzene rings is 3. The van der Waals surface area contributed by atoms with Crippen molar-refractivity contribution in [3.63, 3.8) is 0 Å². The molecular formula is C31H32Br2N2O3S. The van der Waals surface area contributed by atoms with Crippen molar-refractivity contribution in [3.8, 4) is 11.5 Å². The van der Waals surface area contributed by atoms with Crippen LogP contribution < -0.4 is 14.8 Å². The maximum absolute atomic E-state index is 13.9. The number of rotatable bonds is 8. The molecule has 39 heavy (non-hydrogen) atoms. The van der Waals surface area contributed by atoms with Crippen LogP contribution >= 0.6 is 43.6 Å². The predicted octanol–water partition coefficient (Wildman–Crippen LogP) is 8.69. The third kappa shape index (κ3) is 6.67. The topological polar surface area (TPSA) is 50.8 Å². The van der Waals surface area contributed by atoms with Crippen molar-refractivity contribution >= 4 is 61.3 Å². The van der Waals surface area contributed by atoms with Crippen molar-refractivity contribution in [3.05, 3.63) is 91.7 Å². The average molecular weight is 672 g/mol. The molecule has 1 saturated heterocycles. The summed E-state index contributed by atoms with van der Waals surface area (Å²) in [6.07, 6.45) is 6.55. The second kappa shape index (κ2) is 12.8. The molecule has 1 unspecified atom stereocenters. The lowest BCUT2D eigenvalue weighted by atomic mass is 9.85. The normalized spacial score (nSPS) is 22.3. The Kier molecular flexibility index (Phi) is 9.25. The number of hydrogen-bond donors (Lipinski definition) is 1.